The lowest BCUT2D eigenvalue weighted by molar-refractivity contribution is -0.258. The molecule has 2 unspecified atom stereocenters. The summed E-state index contributed by atoms with van der Waals surface area (Å²) < 4.78 is 39.2. The average Bonchev–Trinajstić information content (AvgIpc) is 2.60. The maximum Gasteiger partial charge on any atom is 0.391 e. The third-order valence-electron chi connectivity index (χ3n) is 4.01. The third-order valence-corrected chi connectivity index (χ3v) is 4.01. The molecular formula is C20H29F3N2O4. The van der Waals surface area contributed by atoms with Gasteiger partial charge in [-0.1, -0.05) is 44.2 Å². The minimum Gasteiger partial charge on any atom is -0.381 e. The first-order valence-electron chi connectivity index (χ1n) is 9.28. The summed E-state index contributed by atoms with van der Waals surface area (Å²) >= 11 is 0. The molecule has 2 amide bonds. The van der Waals surface area contributed by atoms with Crippen molar-refractivity contribution in [1.82, 2.24) is 10.4 Å². The molecular weight excluding hydrogens is 389 g/mol. The van der Waals surface area contributed by atoms with Gasteiger partial charge in [-0.15, -0.1) is 0 Å². The van der Waals surface area contributed by atoms with Crippen LogP contribution in [0.4, 0.5) is 13.2 Å². The molecule has 1 aromatic carbocycles. The minimum atomic E-state index is -4.73. The van der Waals surface area contributed by atoms with Crippen LogP contribution >= 0.6 is 0 Å². The molecule has 1 aromatic rings. The summed E-state index contributed by atoms with van der Waals surface area (Å²) in [5.74, 6) is -1.12. The highest BCUT2D eigenvalue weighted by Gasteiger charge is 2.43. The van der Waals surface area contributed by atoms with E-state index in [-0.39, 0.29) is 12.3 Å². The lowest BCUT2D eigenvalue weighted by atomic mass is 9.95. The predicted octanol–water partition coefficient (Wildman–Crippen LogP) is 3.37. The molecule has 2 N–H and O–H groups in total. The average molecular weight is 418 g/mol. The van der Waals surface area contributed by atoms with Crippen LogP contribution < -0.4 is 5.32 Å². The van der Waals surface area contributed by atoms with Crippen molar-refractivity contribution in [2.45, 2.75) is 71.0 Å². The summed E-state index contributed by atoms with van der Waals surface area (Å²) in [5, 5.41) is 13.4. The Kier molecular flexibility index (Phi) is 8.65. The molecule has 0 heterocycles. The van der Waals surface area contributed by atoms with Gasteiger partial charge in [-0.2, -0.15) is 13.2 Å². The van der Waals surface area contributed by atoms with E-state index in [1.54, 1.807) is 30.3 Å². The molecule has 1 rings (SSSR count). The molecule has 0 saturated heterocycles. The van der Waals surface area contributed by atoms with Crippen LogP contribution in [-0.4, -0.2) is 46.4 Å². The van der Waals surface area contributed by atoms with Crippen LogP contribution in [0.1, 0.15) is 52.6 Å². The number of rotatable bonds is 9. The number of alkyl halides is 3. The van der Waals surface area contributed by atoms with Gasteiger partial charge in [0.15, 0.2) is 6.10 Å². The number of halogens is 3. The van der Waals surface area contributed by atoms with Crippen molar-refractivity contribution in [3.8, 4) is 0 Å². The van der Waals surface area contributed by atoms with E-state index in [4.69, 9.17) is 4.84 Å². The lowest BCUT2D eigenvalue weighted by Crippen LogP contribution is -2.54. The van der Waals surface area contributed by atoms with E-state index in [0.29, 0.717) is 5.06 Å². The van der Waals surface area contributed by atoms with E-state index in [0.717, 1.165) is 5.56 Å². The highest BCUT2D eigenvalue weighted by atomic mass is 19.4. The Morgan fingerprint density at radius 3 is 2.17 bits per heavy atom. The van der Waals surface area contributed by atoms with E-state index in [1.165, 1.54) is 20.8 Å². The second kappa shape index (κ2) is 10.1. The zero-order valence-corrected chi connectivity index (χ0v) is 17.2. The van der Waals surface area contributed by atoms with E-state index in [9.17, 15) is 27.9 Å². The van der Waals surface area contributed by atoms with Gasteiger partial charge in [0.05, 0.1) is 18.1 Å². The molecule has 0 spiro atoms. The maximum absolute atomic E-state index is 13.1. The largest absolute Gasteiger partial charge is 0.391 e. The van der Waals surface area contributed by atoms with Crippen LogP contribution in [-0.2, 0) is 14.4 Å². The molecule has 6 nitrogen and oxygen atoms in total. The van der Waals surface area contributed by atoms with Crippen molar-refractivity contribution in [2.24, 2.45) is 5.92 Å². The van der Waals surface area contributed by atoms with Crippen molar-refractivity contribution < 1.29 is 32.7 Å². The van der Waals surface area contributed by atoms with Crippen molar-refractivity contribution >= 4 is 12.3 Å². The smallest absolute Gasteiger partial charge is 0.381 e. The number of amides is 2. The van der Waals surface area contributed by atoms with Crippen molar-refractivity contribution in [3.63, 3.8) is 0 Å². The lowest BCUT2D eigenvalue weighted by Gasteiger charge is -2.35. The van der Waals surface area contributed by atoms with Crippen LogP contribution in [0.5, 0.6) is 0 Å². The third kappa shape index (κ3) is 8.41. The van der Waals surface area contributed by atoms with Crippen LogP contribution in [0, 0.1) is 5.92 Å². The molecule has 9 heteroatoms. The highest BCUT2D eigenvalue weighted by molar-refractivity contribution is 5.82. The molecule has 0 aliphatic carbocycles. The normalized spacial score (nSPS) is 15.5. The standard InChI is InChI=1S/C20H29F3N2O4/c1-13(2)16(14-9-7-6-8-10-14)24-18(28)17(27)15(11-20(21,22)23)25(12-26)29-19(3,4)5/h6-10,12-13,15-17,27H,11H2,1-5H3,(H,24,28)/t15?,16-,17?/m0/s1. The number of aliphatic hydroxyl groups is 1. The van der Waals surface area contributed by atoms with Gasteiger partial charge in [0, 0.05) is 0 Å². The molecule has 0 aromatic heterocycles. The molecule has 3 atom stereocenters. The van der Waals surface area contributed by atoms with Crippen molar-refractivity contribution in [1.29, 1.82) is 0 Å². The van der Waals surface area contributed by atoms with Gasteiger partial charge in [-0.25, -0.2) is 5.06 Å². The molecule has 0 aliphatic rings. The first kappa shape index (κ1) is 24.9. The Balaban J connectivity index is 3.11. The Morgan fingerprint density at radius 1 is 1.21 bits per heavy atom. The second-order valence-corrected chi connectivity index (χ2v) is 8.14. The van der Waals surface area contributed by atoms with Gasteiger partial charge < -0.3 is 10.4 Å². The molecule has 29 heavy (non-hydrogen) atoms. The zero-order valence-electron chi connectivity index (χ0n) is 17.2. The Morgan fingerprint density at radius 2 is 1.76 bits per heavy atom. The number of benzene rings is 1. The summed E-state index contributed by atoms with van der Waals surface area (Å²) in [6, 6.07) is 6.41. The SMILES string of the molecule is CC(C)[C@H](NC(=O)C(O)C(CC(F)(F)F)N(C=O)OC(C)(C)C)c1ccccc1. The summed E-state index contributed by atoms with van der Waals surface area (Å²) in [6.45, 7) is 8.26. The number of nitrogens with one attached hydrogen (secondary N) is 1. The summed E-state index contributed by atoms with van der Waals surface area (Å²) in [7, 11) is 0. The van der Waals surface area contributed by atoms with E-state index >= 15 is 0 Å². The van der Waals surface area contributed by atoms with Crippen LogP contribution in [0.2, 0.25) is 0 Å². The number of hydrogen-bond acceptors (Lipinski definition) is 4. The topological polar surface area (TPSA) is 78.9 Å². The molecule has 0 radical (unpaired) electrons. The molecule has 0 bridgehead atoms. The van der Waals surface area contributed by atoms with Gasteiger partial charge in [-0.05, 0) is 32.3 Å². The zero-order chi connectivity index (χ0) is 22.4. The van der Waals surface area contributed by atoms with E-state index < -0.39 is 42.3 Å². The van der Waals surface area contributed by atoms with Gasteiger partial charge in [0.2, 0.25) is 6.41 Å². The van der Waals surface area contributed by atoms with E-state index in [1.807, 2.05) is 13.8 Å². The summed E-state index contributed by atoms with van der Waals surface area (Å²) in [5.41, 5.74) is -0.264. The summed E-state index contributed by atoms with van der Waals surface area (Å²) in [6.07, 6.45) is -8.44. The fourth-order valence-corrected chi connectivity index (χ4v) is 2.77. The highest BCUT2D eigenvalue weighted by Crippen LogP contribution is 2.28. The van der Waals surface area contributed by atoms with Crippen molar-refractivity contribution in [2.75, 3.05) is 0 Å². The quantitative estimate of drug-likeness (QED) is 0.476. The first-order valence-corrected chi connectivity index (χ1v) is 9.28. The number of hydroxylamine groups is 2. The number of carbonyl (C=O) groups excluding carboxylic acids is 2. The predicted molar refractivity (Wildman–Crippen MR) is 101 cm³/mol. The number of nitrogens with zero attached hydrogens (tertiary/aromatic N) is 1. The monoisotopic (exact) mass is 418 g/mol. The molecule has 0 aliphatic heterocycles. The van der Waals surface area contributed by atoms with Gasteiger partial charge >= 0.3 is 6.18 Å². The number of carbonyl (C=O) groups is 2. The van der Waals surface area contributed by atoms with Crippen LogP contribution in [0.25, 0.3) is 0 Å². The molecule has 0 fully saturated rings. The number of hydrogen-bond donors (Lipinski definition) is 2. The Bertz CT molecular complexity index is 660. The van der Waals surface area contributed by atoms with Gasteiger partial charge in [0.1, 0.15) is 6.04 Å². The fraction of sp³-hybridized carbons (Fsp3) is 0.600. The van der Waals surface area contributed by atoms with Gasteiger partial charge in [0.25, 0.3) is 5.91 Å². The summed E-state index contributed by atoms with van der Waals surface area (Å²) in [4.78, 5) is 29.2. The number of aliphatic hydroxyl groups excluding tert-OH is 1. The Labute approximate surface area is 169 Å². The molecule has 0 saturated carbocycles. The van der Waals surface area contributed by atoms with Crippen LogP contribution in [0.3, 0.4) is 0 Å². The Hall–Kier alpha value is -2.13. The van der Waals surface area contributed by atoms with Crippen molar-refractivity contribution in [3.05, 3.63) is 35.9 Å². The molecule has 164 valence electrons. The maximum atomic E-state index is 13.1. The second-order valence-electron chi connectivity index (χ2n) is 8.14. The van der Waals surface area contributed by atoms with E-state index in [2.05, 4.69) is 5.32 Å². The fourth-order valence-electron chi connectivity index (χ4n) is 2.77. The minimum absolute atomic E-state index is 0.0370. The first-order chi connectivity index (χ1) is 13.2. The van der Waals surface area contributed by atoms with Crippen LogP contribution in [0.15, 0.2) is 30.3 Å². The van der Waals surface area contributed by atoms with Gasteiger partial charge in [-0.3, -0.25) is 14.4 Å².